The Morgan fingerprint density at radius 2 is 1.50 bits per heavy atom. The van der Waals surface area contributed by atoms with E-state index in [1.807, 2.05) is 12.1 Å². The van der Waals surface area contributed by atoms with Crippen LogP contribution in [-0.4, -0.2) is 32.7 Å². The van der Waals surface area contributed by atoms with Crippen LogP contribution >= 0.6 is 0 Å². The van der Waals surface area contributed by atoms with Gasteiger partial charge < -0.3 is 20.2 Å². The van der Waals surface area contributed by atoms with Gasteiger partial charge in [-0.05, 0) is 44.4 Å². The molecular weight excluding hydrogens is 408 g/mol. The Bertz CT molecular complexity index is 1290. The lowest BCUT2D eigenvalue weighted by Gasteiger charge is -2.22. The van der Waals surface area contributed by atoms with Crippen molar-refractivity contribution in [3.63, 3.8) is 0 Å². The molecule has 0 atom stereocenters. The minimum atomic E-state index is -0.493. The number of aromatic nitrogens is 2. The fourth-order valence-corrected chi connectivity index (χ4v) is 3.49. The van der Waals surface area contributed by atoms with Gasteiger partial charge in [-0.1, -0.05) is 12.1 Å². The van der Waals surface area contributed by atoms with E-state index in [4.69, 9.17) is 0 Å². The minimum absolute atomic E-state index is 0.0356. The summed E-state index contributed by atoms with van der Waals surface area (Å²) in [6, 6.07) is 10.0. The summed E-state index contributed by atoms with van der Waals surface area (Å²) in [6.07, 6.45) is 4.69. The van der Waals surface area contributed by atoms with Gasteiger partial charge in [0.15, 0.2) is 10.9 Å². The lowest BCUT2D eigenvalue weighted by atomic mass is 10.1. The zero-order valence-electron chi connectivity index (χ0n) is 17.9. The number of nitrogens with zero attached hydrogens (tertiary/aromatic N) is 1. The fraction of sp³-hybridized carbons (Fsp3) is 0.250. The van der Waals surface area contributed by atoms with Crippen LogP contribution in [0.2, 0.25) is 0 Å². The van der Waals surface area contributed by atoms with Crippen molar-refractivity contribution in [2.75, 3.05) is 5.32 Å². The van der Waals surface area contributed by atoms with Crippen molar-refractivity contribution < 1.29 is 9.59 Å². The molecule has 1 aliphatic rings. The highest BCUT2D eigenvalue weighted by Gasteiger charge is 2.34. The molecule has 1 aliphatic carbocycles. The molecule has 0 bridgehead atoms. The molecule has 0 unspecified atom stereocenters. The molecule has 32 heavy (non-hydrogen) atoms. The average molecular weight is 432 g/mol. The van der Waals surface area contributed by atoms with Gasteiger partial charge in [0.05, 0.1) is 0 Å². The summed E-state index contributed by atoms with van der Waals surface area (Å²) in [5, 5.41) is 2.71. The quantitative estimate of drug-likeness (QED) is 0.555. The third kappa shape index (κ3) is 4.69. The fourth-order valence-electron chi connectivity index (χ4n) is 3.49. The molecule has 2 heterocycles. The lowest BCUT2D eigenvalue weighted by Crippen LogP contribution is -2.35. The number of amides is 2. The van der Waals surface area contributed by atoms with Gasteiger partial charge in [0.2, 0.25) is 0 Å². The minimum Gasteiger partial charge on any atom is -0.364 e. The highest BCUT2D eigenvalue weighted by atomic mass is 16.2. The smallest absolute Gasteiger partial charge is 0.261 e. The van der Waals surface area contributed by atoms with E-state index in [1.165, 1.54) is 24.5 Å². The van der Waals surface area contributed by atoms with Gasteiger partial charge in [-0.3, -0.25) is 19.2 Å². The number of benzene rings is 1. The molecular formula is C24H24N4O4. The van der Waals surface area contributed by atoms with Crippen molar-refractivity contribution in [2.45, 2.75) is 39.3 Å². The number of pyridine rings is 2. The van der Waals surface area contributed by atoms with E-state index in [0.717, 1.165) is 18.4 Å². The second-order valence-electron chi connectivity index (χ2n) is 8.10. The first-order valence-corrected chi connectivity index (χ1v) is 10.4. The monoisotopic (exact) mass is 432 g/mol. The Balaban J connectivity index is 1.47. The maximum atomic E-state index is 13.0. The normalized spacial score (nSPS) is 12.9. The summed E-state index contributed by atoms with van der Waals surface area (Å²) < 4.78 is 0. The van der Waals surface area contributed by atoms with Gasteiger partial charge in [-0.15, -0.1) is 0 Å². The number of anilines is 1. The summed E-state index contributed by atoms with van der Waals surface area (Å²) in [4.78, 5) is 57.2. The first-order chi connectivity index (χ1) is 15.3. The van der Waals surface area contributed by atoms with Crippen molar-refractivity contribution in [3.05, 3.63) is 97.3 Å². The Morgan fingerprint density at radius 1 is 0.938 bits per heavy atom. The molecule has 8 heteroatoms. The molecule has 2 amide bonds. The molecule has 3 aromatic rings. The zero-order valence-corrected chi connectivity index (χ0v) is 17.9. The third-order valence-corrected chi connectivity index (χ3v) is 5.40. The highest BCUT2D eigenvalue weighted by Crippen LogP contribution is 2.29. The summed E-state index contributed by atoms with van der Waals surface area (Å²) in [5.74, 6) is -0.780. The number of nitrogens with one attached hydrogen (secondary N) is 3. The number of hydrogen-bond donors (Lipinski definition) is 3. The molecule has 0 aliphatic heterocycles. The predicted molar refractivity (Wildman–Crippen MR) is 121 cm³/mol. The average Bonchev–Trinajstić information content (AvgIpc) is 3.58. The van der Waals surface area contributed by atoms with E-state index >= 15 is 0 Å². The van der Waals surface area contributed by atoms with Gasteiger partial charge in [0.25, 0.3) is 11.8 Å². The molecule has 0 spiro atoms. The van der Waals surface area contributed by atoms with E-state index in [-0.39, 0.29) is 33.9 Å². The first kappa shape index (κ1) is 21.3. The lowest BCUT2D eigenvalue weighted by molar-refractivity contribution is 0.0728. The van der Waals surface area contributed by atoms with Crippen LogP contribution in [0.5, 0.6) is 0 Å². The molecule has 164 valence electrons. The van der Waals surface area contributed by atoms with Gasteiger partial charge in [-0.25, -0.2) is 0 Å². The van der Waals surface area contributed by atoms with E-state index in [2.05, 4.69) is 15.3 Å². The number of carbonyl (C=O) groups is 2. The standard InChI is InChI=1S/C24H24N4O4/c1-14-9-21(29)19(11-25-14)23(31)27-17-5-3-16(4-6-17)13-28(18-7-8-18)24(32)20-12-26-15(2)10-22(20)30/h3-6,9-12,18H,7-8,13H2,1-2H3,(H,25,29)(H,26,30)(H,27,31). The molecule has 2 aromatic heterocycles. The number of aryl methyl sites for hydroxylation is 2. The maximum absolute atomic E-state index is 13.0. The Morgan fingerprint density at radius 3 is 2.03 bits per heavy atom. The molecule has 8 nitrogen and oxygen atoms in total. The van der Waals surface area contributed by atoms with Crippen molar-refractivity contribution in [1.82, 2.24) is 14.9 Å². The zero-order chi connectivity index (χ0) is 22.8. The number of carbonyl (C=O) groups excluding carboxylic acids is 2. The molecule has 1 fully saturated rings. The molecule has 1 saturated carbocycles. The van der Waals surface area contributed by atoms with Crippen LogP contribution in [0.15, 0.2) is 58.4 Å². The first-order valence-electron chi connectivity index (χ1n) is 10.4. The molecule has 1 aromatic carbocycles. The van der Waals surface area contributed by atoms with E-state index in [1.54, 1.807) is 30.9 Å². The summed E-state index contributed by atoms with van der Waals surface area (Å²) in [5.41, 5.74) is 2.33. The number of rotatable bonds is 6. The predicted octanol–water partition coefficient (Wildman–Crippen LogP) is 2.74. The summed E-state index contributed by atoms with van der Waals surface area (Å²) >= 11 is 0. The molecule has 3 N–H and O–H groups in total. The largest absolute Gasteiger partial charge is 0.364 e. The Hall–Kier alpha value is -3.94. The van der Waals surface area contributed by atoms with Crippen LogP contribution in [0.25, 0.3) is 0 Å². The second-order valence-corrected chi connectivity index (χ2v) is 8.10. The van der Waals surface area contributed by atoms with E-state index in [0.29, 0.717) is 23.6 Å². The van der Waals surface area contributed by atoms with Crippen LogP contribution in [0.4, 0.5) is 5.69 Å². The number of H-pyrrole nitrogens is 2. The topological polar surface area (TPSA) is 115 Å². The third-order valence-electron chi connectivity index (χ3n) is 5.40. The second kappa shape index (κ2) is 8.66. The van der Waals surface area contributed by atoms with Gasteiger partial charge in [0, 0.05) is 54.2 Å². The van der Waals surface area contributed by atoms with Crippen molar-refractivity contribution >= 4 is 17.5 Å². The van der Waals surface area contributed by atoms with Crippen LogP contribution in [0, 0.1) is 13.8 Å². The van der Waals surface area contributed by atoms with Crippen LogP contribution in [-0.2, 0) is 6.54 Å². The Kier molecular flexibility index (Phi) is 5.77. The van der Waals surface area contributed by atoms with Gasteiger partial charge in [-0.2, -0.15) is 0 Å². The highest BCUT2D eigenvalue weighted by molar-refractivity contribution is 6.04. The van der Waals surface area contributed by atoms with Gasteiger partial charge >= 0.3 is 0 Å². The van der Waals surface area contributed by atoms with E-state index < -0.39 is 5.91 Å². The molecule has 0 saturated heterocycles. The number of hydrogen-bond acceptors (Lipinski definition) is 4. The molecule has 4 rings (SSSR count). The molecule has 0 radical (unpaired) electrons. The summed E-state index contributed by atoms with van der Waals surface area (Å²) in [7, 11) is 0. The maximum Gasteiger partial charge on any atom is 0.261 e. The van der Waals surface area contributed by atoms with Crippen molar-refractivity contribution in [3.8, 4) is 0 Å². The Labute approximate surface area is 184 Å². The SMILES string of the molecule is Cc1cc(=O)c(C(=O)Nc2ccc(CN(C(=O)c3c[nH]c(C)cc3=O)C3CC3)cc2)c[nH]1. The van der Waals surface area contributed by atoms with Crippen LogP contribution in [0.3, 0.4) is 0 Å². The number of aromatic amines is 2. The van der Waals surface area contributed by atoms with Crippen LogP contribution in [0.1, 0.15) is 50.5 Å². The van der Waals surface area contributed by atoms with Crippen LogP contribution < -0.4 is 16.2 Å². The van der Waals surface area contributed by atoms with Gasteiger partial charge in [0.1, 0.15) is 11.1 Å². The van der Waals surface area contributed by atoms with Crippen molar-refractivity contribution in [1.29, 1.82) is 0 Å². The summed E-state index contributed by atoms with van der Waals surface area (Å²) in [6.45, 7) is 3.87. The van der Waals surface area contributed by atoms with E-state index in [9.17, 15) is 19.2 Å². The van der Waals surface area contributed by atoms with Crippen molar-refractivity contribution in [2.24, 2.45) is 0 Å².